The lowest BCUT2D eigenvalue weighted by atomic mass is 9.99. The van der Waals surface area contributed by atoms with E-state index in [1.807, 2.05) is 26.0 Å². The number of hydrogen-bond donors (Lipinski definition) is 2. The van der Waals surface area contributed by atoms with Crippen molar-refractivity contribution in [1.82, 2.24) is 14.8 Å². The van der Waals surface area contributed by atoms with Crippen molar-refractivity contribution >= 4 is 17.4 Å². The first kappa shape index (κ1) is 23.7. The zero-order chi connectivity index (χ0) is 23.3. The Bertz CT molecular complexity index is 1070. The number of benzene rings is 2. The predicted molar refractivity (Wildman–Crippen MR) is 129 cm³/mol. The van der Waals surface area contributed by atoms with E-state index in [4.69, 9.17) is 14.9 Å². The Morgan fingerprint density at radius 1 is 0.969 bits per heavy atom. The number of fused-ring (bicyclic) bond motifs is 1. The minimum atomic E-state index is -0.250. The normalized spacial score (nSPS) is 14.8. The standard InChI is InChI=1S/C25H31N3O.CH2O2/c1-17-15-24(21-13-18(2)25(29)19(3)14-21)26-23-6-5-20(16-22(17)23)7-8-28-11-9-27(4)10-12-28;2-1-3/h5-6,13-16,29H,7-12H2,1-4H3;1H,(H,2,3). The highest BCUT2D eigenvalue weighted by molar-refractivity contribution is 5.85. The first-order valence-corrected chi connectivity index (χ1v) is 11.0. The number of carboxylic acid groups (broad SMARTS) is 1. The molecule has 0 atom stereocenters. The van der Waals surface area contributed by atoms with Crippen LogP contribution in [0.4, 0.5) is 0 Å². The molecule has 2 aromatic carbocycles. The van der Waals surface area contributed by atoms with Crippen molar-refractivity contribution in [2.45, 2.75) is 27.2 Å². The average molecular weight is 436 g/mol. The van der Waals surface area contributed by atoms with Crippen LogP contribution in [-0.2, 0) is 11.2 Å². The number of hydrogen-bond acceptors (Lipinski definition) is 5. The number of aromatic nitrogens is 1. The van der Waals surface area contributed by atoms with Gasteiger partial charge >= 0.3 is 0 Å². The number of carbonyl (C=O) groups is 1. The van der Waals surface area contributed by atoms with Crippen molar-refractivity contribution in [1.29, 1.82) is 0 Å². The van der Waals surface area contributed by atoms with E-state index >= 15 is 0 Å². The first-order valence-electron chi connectivity index (χ1n) is 11.0. The first-order chi connectivity index (χ1) is 15.3. The third kappa shape index (κ3) is 5.64. The Hall–Kier alpha value is -2.96. The minimum absolute atomic E-state index is 0.250. The Kier molecular flexibility index (Phi) is 7.83. The zero-order valence-corrected chi connectivity index (χ0v) is 19.4. The molecule has 0 spiro atoms. The number of likely N-dealkylation sites (N-methyl/N-ethyl adjacent to an activating group) is 1. The smallest absolute Gasteiger partial charge is 0.290 e. The summed E-state index contributed by atoms with van der Waals surface area (Å²) in [7, 11) is 2.20. The zero-order valence-electron chi connectivity index (χ0n) is 19.4. The molecule has 1 saturated heterocycles. The topological polar surface area (TPSA) is 76.9 Å². The average Bonchev–Trinajstić information content (AvgIpc) is 2.77. The highest BCUT2D eigenvalue weighted by Crippen LogP contribution is 2.30. The summed E-state index contributed by atoms with van der Waals surface area (Å²) in [5.74, 6) is 0.372. The molecule has 2 heterocycles. The van der Waals surface area contributed by atoms with Gasteiger partial charge in [0.1, 0.15) is 5.75 Å². The molecule has 4 rings (SSSR count). The molecule has 0 unspecified atom stereocenters. The molecule has 0 radical (unpaired) electrons. The lowest BCUT2D eigenvalue weighted by Crippen LogP contribution is -2.45. The molecule has 1 fully saturated rings. The van der Waals surface area contributed by atoms with Gasteiger partial charge in [-0.1, -0.05) is 6.07 Å². The summed E-state index contributed by atoms with van der Waals surface area (Å²) in [4.78, 5) is 18.2. The van der Waals surface area contributed by atoms with Crippen LogP contribution in [-0.4, -0.2) is 71.2 Å². The fraction of sp³-hybridized carbons (Fsp3) is 0.385. The lowest BCUT2D eigenvalue weighted by Gasteiger charge is -2.32. The number of piperazine rings is 1. The Labute approximate surface area is 190 Å². The molecule has 0 saturated carbocycles. The van der Waals surface area contributed by atoms with E-state index in [0.29, 0.717) is 5.75 Å². The van der Waals surface area contributed by atoms with Crippen LogP contribution in [0, 0.1) is 20.8 Å². The van der Waals surface area contributed by atoms with Crippen LogP contribution < -0.4 is 0 Å². The highest BCUT2D eigenvalue weighted by Gasteiger charge is 2.14. The second-order valence-electron chi connectivity index (χ2n) is 8.63. The summed E-state index contributed by atoms with van der Waals surface area (Å²) >= 11 is 0. The molecule has 0 aliphatic carbocycles. The molecule has 3 aromatic rings. The summed E-state index contributed by atoms with van der Waals surface area (Å²) < 4.78 is 0. The molecule has 1 aliphatic heterocycles. The third-order valence-corrected chi connectivity index (χ3v) is 6.18. The van der Waals surface area contributed by atoms with Gasteiger partial charge in [-0.3, -0.25) is 4.79 Å². The van der Waals surface area contributed by atoms with Crippen molar-refractivity contribution in [2.24, 2.45) is 0 Å². The number of phenolic OH excluding ortho intramolecular Hbond substituents is 1. The Morgan fingerprint density at radius 3 is 2.22 bits per heavy atom. The second kappa shape index (κ2) is 10.6. The van der Waals surface area contributed by atoms with Crippen molar-refractivity contribution in [3.63, 3.8) is 0 Å². The monoisotopic (exact) mass is 435 g/mol. The van der Waals surface area contributed by atoms with Gasteiger partial charge in [0.2, 0.25) is 0 Å². The van der Waals surface area contributed by atoms with Gasteiger partial charge in [-0.05, 0) is 86.8 Å². The van der Waals surface area contributed by atoms with Gasteiger partial charge in [-0.25, -0.2) is 4.98 Å². The van der Waals surface area contributed by atoms with E-state index in [1.165, 1.54) is 42.7 Å². The molecule has 6 nitrogen and oxygen atoms in total. The third-order valence-electron chi connectivity index (χ3n) is 6.18. The SMILES string of the molecule is Cc1cc(-c2cc(C)c3cc(CCN4CCN(C)CC4)ccc3n2)cc(C)c1O.O=CO. The van der Waals surface area contributed by atoms with Gasteiger partial charge < -0.3 is 20.0 Å². The maximum absolute atomic E-state index is 10.1. The van der Waals surface area contributed by atoms with Crippen molar-refractivity contribution in [3.8, 4) is 17.0 Å². The fourth-order valence-electron chi connectivity index (χ4n) is 4.21. The van der Waals surface area contributed by atoms with Crippen LogP contribution in [0.1, 0.15) is 22.3 Å². The van der Waals surface area contributed by atoms with Crippen molar-refractivity contribution in [2.75, 3.05) is 39.8 Å². The van der Waals surface area contributed by atoms with E-state index in [9.17, 15) is 5.11 Å². The number of aryl methyl sites for hydroxylation is 3. The summed E-state index contributed by atoms with van der Waals surface area (Å²) in [6.07, 6.45) is 1.08. The van der Waals surface area contributed by atoms with E-state index in [1.54, 1.807) is 0 Å². The number of nitrogens with zero attached hydrogens (tertiary/aromatic N) is 3. The molecule has 170 valence electrons. The second-order valence-corrected chi connectivity index (χ2v) is 8.63. The molecular formula is C26H33N3O3. The van der Waals surface area contributed by atoms with E-state index in [-0.39, 0.29) is 6.47 Å². The van der Waals surface area contributed by atoms with E-state index in [0.717, 1.165) is 40.9 Å². The molecule has 0 bridgehead atoms. The number of aromatic hydroxyl groups is 1. The largest absolute Gasteiger partial charge is 0.507 e. The van der Waals surface area contributed by atoms with Crippen molar-refractivity contribution < 1.29 is 15.0 Å². The molecular weight excluding hydrogens is 402 g/mol. The minimum Gasteiger partial charge on any atom is -0.507 e. The van der Waals surface area contributed by atoms with Gasteiger partial charge in [-0.15, -0.1) is 0 Å². The maximum atomic E-state index is 10.1. The van der Waals surface area contributed by atoms with Gasteiger partial charge in [0.05, 0.1) is 11.2 Å². The molecule has 2 N–H and O–H groups in total. The van der Waals surface area contributed by atoms with Gasteiger partial charge in [0.25, 0.3) is 6.47 Å². The maximum Gasteiger partial charge on any atom is 0.290 e. The molecule has 0 amide bonds. The molecule has 1 aliphatic rings. The van der Waals surface area contributed by atoms with E-state index in [2.05, 4.69) is 48.0 Å². The van der Waals surface area contributed by atoms with Crippen LogP contribution in [0.25, 0.3) is 22.2 Å². The van der Waals surface area contributed by atoms with Gasteiger partial charge in [-0.2, -0.15) is 0 Å². The summed E-state index contributed by atoms with van der Waals surface area (Å²) in [5.41, 5.74) is 7.46. The molecule has 1 aromatic heterocycles. The predicted octanol–water partition coefficient (Wildman–Crippen LogP) is 4.02. The van der Waals surface area contributed by atoms with Crippen LogP contribution in [0.5, 0.6) is 5.75 Å². The molecule has 32 heavy (non-hydrogen) atoms. The Balaban J connectivity index is 0.000000913. The summed E-state index contributed by atoms with van der Waals surface area (Å²) in [5, 5.41) is 18.2. The number of pyridine rings is 1. The van der Waals surface area contributed by atoms with Crippen LogP contribution >= 0.6 is 0 Å². The van der Waals surface area contributed by atoms with Crippen LogP contribution in [0.3, 0.4) is 0 Å². The Morgan fingerprint density at radius 2 is 1.59 bits per heavy atom. The quantitative estimate of drug-likeness (QED) is 0.603. The van der Waals surface area contributed by atoms with Crippen molar-refractivity contribution in [3.05, 3.63) is 58.7 Å². The fourth-order valence-corrected chi connectivity index (χ4v) is 4.21. The molecule has 6 heteroatoms. The highest BCUT2D eigenvalue weighted by atomic mass is 16.3. The van der Waals surface area contributed by atoms with Gasteiger partial charge in [0, 0.05) is 43.7 Å². The summed E-state index contributed by atoms with van der Waals surface area (Å²) in [6.45, 7) is 11.6. The lowest BCUT2D eigenvalue weighted by molar-refractivity contribution is -0.122. The van der Waals surface area contributed by atoms with E-state index < -0.39 is 0 Å². The number of rotatable bonds is 4. The summed E-state index contributed by atoms with van der Waals surface area (Å²) in [6, 6.07) is 12.9. The van der Waals surface area contributed by atoms with Gasteiger partial charge in [0.15, 0.2) is 0 Å². The van der Waals surface area contributed by atoms with Crippen LogP contribution in [0.2, 0.25) is 0 Å². The van der Waals surface area contributed by atoms with Crippen LogP contribution in [0.15, 0.2) is 36.4 Å². The number of phenols is 1.